The molecule has 0 spiro atoms. The van der Waals surface area contributed by atoms with E-state index in [2.05, 4.69) is 35.6 Å². The summed E-state index contributed by atoms with van der Waals surface area (Å²) in [4.78, 5) is 51.4. The van der Waals surface area contributed by atoms with Gasteiger partial charge in [-0.25, -0.2) is 18.4 Å². The van der Waals surface area contributed by atoms with Gasteiger partial charge in [0.2, 0.25) is 27.7 Å². The van der Waals surface area contributed by atoms with Gasteiger partial charge in [0.25, 0.3) is 5.91 Å². The monoisotopic (exact) mass is 621 g/mol. The Labute approximate surface area is 254 Å². The normalized spacial score (nSPS) is 20.7. The van der Waals surface area contributed by atoms with Crippen LogP contribution in [0.2, 0.25) is 0 Å². The van der Waals surface area contributed by atoms with Crippen molar-refractivity contribution in [1.82, 2.24) is 35.6 Å². The maximum Gasteiger partial charge on any atom is 0.273 e. The summed E-state index contributed by atoms with van der Waals surface area (Å²) in [6, 6.07) is 10.9. The number of sulfonamides is 1. The molecule has 0 saturated carbocycles. The first-order valence-electron chi connectivity index (χ1n) is 14.4. The van der Waals surface area contributed by atoms with Crippen molar-refractivity contribution in [3.8, 4) is 0 Å². The summed E-state index contributed by atoms with van der Waals surface area (Å²) in [5.41, 5.74) is 2.10. The van der Waals surface area contributed by atoms with Crippen LogP contribution in [0.1, 0.15) is 61.1 Å². The number of oxazole rings is 1. The highest BCUT2D eigenvalue weighted by molar-refractivity contribution is 7.89. The van der Waals surface area contributed by atoms with E-state index >= 15 is 0 Å². The molecule has 14 heteroatoms. The summed E-state index contributed by atoms with van der Waals surface area (Å²) in [6.07, 6.45) is 4.03. The van der Waals surface area contributed by atoms with Gasteiger partial charge in [-0.15, -0.1) is 0 Å². The van der Waals surface area contributed by atoms with Crippen molar-refractivity contribution in [2.24, 2.45) is 5.92 Å². The summed E-state index contributed by atoms with van der Waals surface area (Å²) < 4.78 is 35.0. The lowest BCUT2D eigenvalue weighted by Gasteiger charge is -2.27. The smallest absolute Gasteiger partial charge is 0.273 e. The van der Waals surface area contributed by atoms with Crippen molar-refractivity contribution < 1.29 is 27.2 Å². The Kier molecular flexibility index (Phi) is 9.40. The SMILES string of the molecule is CC(C)[C@@H]1NC(=O)[C@@H](NS(=O)(=O)c2ccc3nc[nH]c3c2)CCCCNC(=O)c2coc(n2)[C@@H](Cc2ccccc2)NC1=O. The molecule has 1 aliphatic heterocycles. The first kappa shape index (κ1) is 30.9. The molecule has 13 nitrogen and oxygen atoms in total. The number of H-pyrrole nitrogens is 1. The molecule has 0 radical (unpaired) electrons. The number of fused-ring (bicyclic) bond motifs is 3. The van der Waals surface area contributed by atoms with Gasteiger partial charge in [-0.2, -0.15) is 4.72 Å². The average molecular weight is 622 g/mol. The van der Waals surface area contributed by atoms with Gasteiger partial charge in [0.15, 0.2) is 5.69 Å². The quantitative estimate of drug-likeness (QED) is 0.217. The van der Waals surface area contributed by atoms with E-state index in [0.29, 0.717) is 30.3 Å². The molecule has 5 N–H and O–H groups in total. The third kappa shape index (κ3) is 7.32. The Morgan fingerprint density at radius 1 is 1.02 bits per heavy atom. The number of nitrogens with one attached hydrogen (secondary N) is 5. The Hall–Kier alpha value is -4.56. The molecule has 232 valence electrons. The number of hydrogen-bond donors (Lipinski definition) is 5. The van der Waals surface area contributed by atoms with E-state index in [1.807, 2.05) is 30.3 Å². The lowest BCUT2D eigenvalue weighted by molar-refractivity contribution is -0.131. The third-order valence-corrected chi connectivity index (χ3v) is 8.89. The molecule has 0 saturated heterocycles. The van der Waals surface area contributed by atoms with Gasteiger partial charge >= 0.3 is 0 Å². The fourth-order valence-corrected chi connectivity index (χ4v) is 6.25. The molecule has 2 aromatic heterocycles. The topological polar surface area (TPSA) is 188 Å². The molecule has 3 amide bonds. The number of aromatic amines is 1. The minimum Gasteiger partial charge on any atom is -0.446 e. The summed E-state index contributed by atoms with van der Waals surface area (Å²) in [6.45, 7) is 3.83. The van der Waals surface area contributed by atoms with Crippen LogP contribution in [0.15, 0.2) is 70.4 Å². The lowest BCUT2D eigenvalue weighted by atomic mass is 10.0. The molecule has 1 aliphatic rings. The zero-order valence-corrected chi connectivity index (χ0v) is 25.2. The number of nitrogens with zero attached hydrogens (tertiary/aromatic N) is 2. The van der Waals surface area contributed by atoms with E-state index in [4.69, 9.17) is 4.42 Å². The maximum atomic E-state index is 13.7. The highest BCUT2D eigenvalue weighted by atomic mass is 32.2. The molecular weight excluding hydrogens is 586 g/mol. The first-order chi connectivity index (χ1) is 21.1. The van der Waals surface area contributed by atoms with Crippen molar-refractivity contribution in [3.05, 3.63) is 78.3 Å². The standard InChI is InChI=1S/C30H35N7O6S/c1-18(2)26-29(40)34-24(14-19-8-4-3-5-9-19)30-35-25(16-43-30)27(38)31-13-7-6-10-22(28(39)36-26)37-44(41,42)20-11-12-21-23(15-20)33-17-32-21/h3-5,8-9,11-12,15-18,22,24,26,37H,6-7,10,13-14H2,1-2H3,(H,31,38)(H,32,33)(H,34,40)(H,36,39)/t22-,24+,26-/m0/s1. The van der Waals surface area contributed by atoms with Crippen LogP contribution in [0.3, 0.4) is 0 Å². The van der Waals surface area contributed by atoms with Crippen LogP contribution < -0.4 is 20.7 Å². The van der Waals surface area contributed by atoms with Crippen LogP contribution in [0.4, 0.5) is 0 Å². The minimum absolute atomic E-state index is 0.0344. The van der Waals surface area contributed by atoms with Gasteiger partial charge in [-0.05, 0) is 48.9 Å². The van der Waals surface area contributed by atoms with Gasteiger partial charge in [0.05, 0.1) is 22.3 Å². The highest BCUT2D eigenvalue weighted by Crippen LogP contribution is 2.21. The zero-order valence-electron chi connectivity index (χ0n) is 24.4. The predicted molar refractivity (Wildman–Crippen MR) is 161 cm³/mol. The van der Waals surface area contributed by atoms with Crippen LogP contribution in [-0.4, -0.2) is 59.7 Å². The van der Waals surface area contributed by atoms with E-state index in [-0.39, 0.29) is 35.4 Å². The Bertz CT molecular complexity index is 1730. The van der Waals surface area contributed by atoms with E-state index in [9.17, 15) is 22.8 Å². The summed E-state index contributed by atoms with van der Waals surface area (Å²) in [7, 11) is -4.13. The summed E-state index contributed by atoms with van der Waals surface area (Å²) in [5, 5.41) is 8.47. The second-order valence-corrected chi connectivity index (χ2v) is 12.8. The molecule has 2 bridgehead atoms. The largest absolute Gasteiger partial charge is 0.446 e. The predicted octanol–water partition coefficient (Wildman–Crippen LogP) is 2.35. The first-order valence-corrected chi connectivity index (χ1v) is 15.9. The lowest BCUT2D eigenvalue weighted by Crippen LogP contribution is -2.55. The summed E-state index contributed by atoms with van der Waals surface area (Å²) >= 11 is 0. The molecule has 3 atom stereocenters. The van der Waals surface area contributed by atoms with Crippen molar-refractivity contribution in [2.75, 3.05) is 6.54 Å². The van der Waals surface area contributed by atoms with Crippen molar-refractivity contribution in [2.45, 2.75) is 62.6 Å². The Morgan fingerprint density at radius 3 is 2.59 bits per heavy atom. The number of aromatic nitrogens is 3. The van der Waals surface area contributed by atoms with Crippen LogP contribution in [0, 0.1) is 5.92 Å². The van der Waals surface area contributed by atoms with Crippen LogP contribution in [0.25, 0.3) is 11.0 Å². The number of carbonyl (C=O) groups is 3. The highest BCUT2D eigenvalue weighted by Gasteiger charge is 2.33. The van der Waals surface area contributed by atoms with E-state index in [1.165, 1.54) is 24.7 Å². The minimum atomic E-state index is -4.13. The molecule has 0 aliphatic carbocycles. The maximum absolute atomic E-state index is 13.7. The number of carbonyl (C=O) groups excluding carboxylic acids is 3. The van der Waals surface area contributed by atoms with Crippen molar-refractivity contribution in [3.63, 3.8) is 0 Å². The van der Waals surface area contributed by atoms with E-state index < -0.39 is 45.9 Å². The van der Waals surface area contributed by atoms with Crippen molar-refractivity contribution >= 4 is 38.8 Å². The van der Waals surface area contributed by atoms with Crippen LogP contribution >= 0.6 is 0 Å². The van der Waals surface area contributed by atoms with E-state index in [1.54, 1.807) is 19.9 Å². The Morgan fingerprint density at radius 2 is 1.82 bits per heavy atom. The van der Waals surface area contributed by atoms with Gasteiger partial charge in [0, 0.05) is 13.0 Å². The molecule has 3 heterocycles. The summed E-state index contributed by atoms with van der Waals surface area (Å²) in [5.74, 6) is -1.79. The van der Waals surface area contributed by atoms with Crippen molar-refractivity contribution in [1.29, 1.82) is 0 Å². The third-order valence-electron chi connectivity index (χ3n) is 7.42. The molecule has 2 aromatic carbocycles. The number of amides is 3. The van der Waals surface area contributed by atoms with Gasteiger partial charge in [-0.3, -0.25) is 14.4 Å². The second kappa shape index (κ2) is 13.4. The molecule has 0 fully saturated rings. The second-order valence-electron chi connectivity index (χ2n) is 11.1. The van der Waals surface area contributed by atoms with Gasteiger partial charge in [-0.1, -0.05) is 44.2 Å². The molecule has 4 aromatic rings. The number of hydrogen-bond acceptors (Lipinski definition) is 8. The number of benzene rings is 2. The Balaban J connectivity index is 1.42. The fraction of sp³-hybridized carbons (Fsp3) is 0.367. The van der Waals surface area contributed by atoms with Gasteiger partial charge < -0.3 is 25.4 Å². The average Bonchev–Trinajstić information content (AvgIpc) is 3.68. The molecule has 5 rings (SSSR count). The molecule has 44 heavy (non-hydrogen) atoms. The molecular formula is C30H35N7O6S. The molecule has 0 unspecified atom stereocenters. The van der Waals surface area contributed by atoms with Crippen LogP contribution in [0.5, 0.6) is 0 Å². The van der Waals surface area contributed by atoms with Crippen LogP contribution in [-0.2, 0) is 26.0 Å². The number of rotatable bonds is 6. The fourth-order valence-electron chi connectivity index (χ4n) is 5.00. The number of imidazole rings is 1. The van der Waals surface area contributed by atoms with Gasteiger partial charge in [0.1, 0.15) is 24.4 Å². The zero-order chi connectivity index (χ0) is 31.3. The van der Waals surface area contributed by atoms with E-state index in [0.717, 1.165) is 5.56 Å².